The first-order valence-electron chi connectivity index (χ1n) is 12.9. The van der Waals surface area contributed by atoms with Crippen LogP contribution in [0.1, 0.15) is 52.0 Å². The predicted molar refractivity (Wildman–Crippen MR) is 145 cm³/mol. The molecule has 2 aromatic heterocycles. The van der Waals surface area contributed by atoms with Crippen molar-refractivity contribution in [2.24, 2.45) is 28.1 Å². The standard InChI is InChI=1S/C30H30O6S2/c1-17-13-19-14-30(24(17)31)23(19)29(16-36-27(34)21-8-5-12-38-21)10-6-9-28(3,22(29)18(2)25(30)32)15-35-26(33)20-7-4-11-37-20/h4-5,7-8,11-13,22-23,25,32H,1-2,6,9-10,14-16H2,3H3/t22?,23?,25-,28-,29-,30-/m0/s1. The zero-order valence-electron chi connectivity index (χ0n) is 21.2. The summed E-state index contributed by atoms with van der Waals surface area (Å²) >= 11 is 2.65. The minimum atomic E-state index is -1.05. The number of thiophene rings is 2. The van der Waals surface area contributed by atoms with Gasteiger partial charge < -0.3 is 14.6 Å². The fourth-order valence-electron chi connectivity index (χ4n) is 8.11. The SMILES string of the molecule is C=C1C=C2C[C@@]3(C1=O)C2[C@]1(COC(=O)c2cccs2)CCC[C@@](C)(COC(=O)c2cccs2)C1C(=C)[C@@H]3O. The molecule has 3 fully saturated rings. The molecule has 0 saturated heterocycles. The summed E-state index contributed by atoms with van der Waals surface area (Å²) in [6, 6.07) is 7.08. The van der Waals surface area contributed by atoms with Crippen LogP contribution in [0, 0.1) is 28.1 Å². The summed E-state index contributed by atoms with van der Waals surface area (Å²) in [5, 5.41) is 15.4. The first-order chi connectivity index (χ1) is 18.1. The van der Waals surface area contributed by atoms with Crippen LogP contribution in [0.3, 0.4) is 0 Å². The Balaban J connectivity index is 1.40. The van der Waals surface area contributed by atoms with Crippen molar-refractivity contribution in [3.05, 3.63) is 80.7 Å². The monoisotopic (exact) mass is 550 g/mol. The molecular weight excluding hydrogens is 520 g/mol. The Morgan fingerprint density at radius 3 is 2.26 bits per heavy atom. The van der Waals surface area contributed by atoms with Crippen molar-refractivity contribution in [1.29, 1.82) is 0 Å². The fraction of sp³-hybridized carbons (Fsp3) is 0.433. The van der Waals surface area contributed by atoms with Crippen molar-refractivity contribution in [3.63, 3.8) is 0 Å². The Kier molecular flexibility index (Phi) is 5.94. The van der Waals surface area contributed by atoms with Gasteiger partial charge in [-0.05, 0) is 47.7 Å². The smallest absolute Gasteiger partial charge is 0.348 e. The Bertz CT molecular complexity index is 1370. The number of aliphatic hydroxyl groups is 1. The van der Waals surface area contributed by atoms with E-state index < -0.39 is 28.3 Å². The molecule has 2 unspecified atom stereocenters. The molecule has 1 N–H and O–H groups in total. The molecule has 0 amide bonds. The van der Waals surface area contributed by atoms with Crippen LogP contribution in [0.2, 0.25) is 0 Å². The number of esters is 2. The molecule has 8 heteroatoms. The molecule has 0 radical (unpaired) electrons. The summed E-state index contributed by atoms with van der Waals surface area (Å²) < 4.78 is 11.9. The first-order valence-corrected chi connectivity index (χ1v) is 14.6. The average Bonchev–Trinajstić information content (AvgIpc) is 3.61. The molecule has 2 bridgehead atoms. The number of hydrogen-bond acceptors (Lipinski definition) is 8. The van der Waals surface area contributed by atoms with E-state index in [1.54, 1.807) is 18.2 Å². The summed E-state index contributed by atoms with van der Waals surface area (Å²) in [5.41, 5.74) is -0.225. The van der Waals surface area contributed by atoms with E-state index in [1.165, 1.54) is 22.7 Å². The third kappa shape index (κ3) is 3.43. The molecule has 0 aromatic carbocycles. The van der Waals surface area contributed by atoms with Crippen LogP contribution in [-0.4, -0.2) is 42.1 Å². The van der Waals surface area contributed by atoms with Crippen LogP contribution in [0.4, 0.5) is 0 Å². The number of ether oxygens (including phenoxy) is 2. The second kappa shape index (κ2) is 8.86. The second-order valence-corrected chi connectivity index (χ2v) is 13.4. The Morgan fingerprint density at radius 1 is 1.03 bits per heavy atom. The number of Topliss-reactive ketones (excluding diaryl/α,β-unsaturated/α-hetero) is 1. The largest absolute Gasteiger partial charge is 0.461 e. The zero-order valence-corrected chi connectivity index (χ0v) is 22.9. The van der Waals surface area contributed by atoms with Crippen molar-refractivity contribution in [2.75, 3.05) is 13.2 Å². The van der Waals surface area contributed by atoms with Crippen molar-refractivity contribution >= 4 is 40.4 Å². The van der Waals surface area contributed by atoms with Crippen molar-refractivity contribution in [1.82, 2.24) is 0 Å². The molecule has 2 heterocycles. The van der Waals surface area contributed by atoms with Crippen LogP contribution in [0.25, 0.3) is 0 Å². The highest BCUT2D eigenvalue weighted by atomic mass is 32.1. The number of carbonyl (C=O) groups excluding carboxylic acids is 3. The van der Waals surface area contributed by atoms with Gasteiger partial charge in [0, 0.05) is 28.2 Å². The van der Waals surface area contributed by atoms with Gasteiger partial charge in [-0.15, -0.1) is 22.7 Å². The quantitative estimate of drug-likeness (QED) is 0.285. The Hall–Kier alpha value is -2.81. The molecule has 6 atom stereocenters. The van der Waals surface area contributed by atoms with E-state index in [2.05, 4.69) is 20.1 Å². The third-order valence-electron chi connectivity index (χ3n) is 9.35. The van der Waals surface area contributed by atoms with Gasteiger partial charge in [-0.1, -0.05) is 50.3 Å². The lowest BCUT2D eigenvalue weighted by Gasteiger charge is -2.71. The van der Waals surface area contributed by atoms with Crippen molar-refractivity contribution < 1.29 is 29.0 Å². The molecule has 5 aliphatic carbocycles. The van der Waals surface area contributed by atoms with Gasteiger partial charge in [-0.3, -0.25) is 4.79 Å². The van der Waals surface area contributed by atoms with Crippen LogP contribution >= 0.6 is 22.7 Å². The van der Waals surface area contributed by atoms with E-state index in [9.17, 15) is 19.5 Å². The van der Waals surface area contributed by atoms with Crippen LogP contribution in [-0.2, 0) is 14.3 Å². The van der Waals surface area contributed by atoms with Gasteiger partial charge in [-0.25, -0.2) is 9.59 Å². The van der Waals surface area contributed by atoms with Gasteiger partial charge in [0.05, 0.1) is 24.7 Å². The molecule has 3 saturated carbocycles. The van der Waals surface area contributed by atoms with Gasteiger partial charge >= 0.3 is 11.9 Å². The summed E-state index contributed by atoms with van der Waals surface area (Å²) in [6.07, 6.45) is 3.54. The van der Waals surface area contributed by atoms with Gasteiger partial charge in [0.25, 0.3) is 0 Å². The molecule has 2 aromatic rings. The van der Waals surface area contributed by atoms with Gasteiger partial charge in [0.15, 0.2) is 5.78 Å². The lowest BCUT2D eigenvalue weighted by Crippen LogP contribution is -2.73. The highest BCUT2D eigenvalue weighted by Crippen LogP contribution is 2.75. The summed E-state index contributed by atoms with van der Waals surface area (Å²) in [6.45, 7) is 10.6. The maximum Gasteiger partial charge on any atom is 0.348 e. The summed E-state index contributed by atoms with van der Waals surface area (Å²) in [7, 11) is 0. The highest BCUT2D eigenvalue weighted by molar-refractivity contribution is 7.12. The van der Waals surface area contributed by atoms with E-state index in [1.807, 2.05) is 22.9 Å². The number of hydrogen-bond donors (Lipinski definition) is 1. The van der Waals surface area contributed by atoms with Crippen LogP contribution in [0.5, 0.6) is 0 Å². The maximum atomic E-state index is 13.6. The average molecular weight is 551 g/mol. The predicted octanol–water partition coefficient (Wildman–Crippen LogP) is 5.62. The Labute approximate surface area is 229 Å². The minimum Gasteiger partial charge on any atom is -0.461 e. The number of carbonyl (C=O) groups is 3. The molecule has 0 aliphatic heterocycles. The Morgan fingerprint density at radius 2 is 1.66 bits per heavy atom. The van der Waals surface area contributed by atoms with E-state index in [0.717, 1.165) is 18.4 Å². The number of aliphatic hydroxyl groups excluding tert-OH is 1. The molecule has 7 rings (SSSR count). The number of rotatable bonds is 6. The molecular formula is C30H30O6S2. The van der Waals surface area contributed by atoms with E-state index >= 15 is 0 Å². The van der Waals surface area contributed by atoms with Crippen LogP contribution in [0.15, 0.2) is 71.0 Å². The number of allylic oxidation sites excluding steroid dienone is 3. The minimum absolute atomic E-state index is 0.0954. The van der Waals surface area contributed by atoms with E-state index in [0.29, 0.717) is 33.7 Å². The van der Waals surface area contributed by atoms with E-state index in [4.69, 9.17) is 9.47 Å². The van der Waals surface area contributed by atoms with Crippen molar-refractivity contribution in [3.8, 4) is 0 Å². The fourth-order valence-corrected chi connectivity index (χ4v) is 9.35. The van der Waals surface area contributed by atoms with Crippen LogP contribution < -0.4 is 0 Å². The normalized spacial score (nSPS) is 35.5. The lowest BCUT2D eigenvalue weighted by atomic mass is 9.32. The molecule has 6 nitrogen and oxygen atoms in total. The lowest BCUT2D eigenvalue weighted by molar-refractivity contribution is -0.201. The van der Waals surface area contributed by atoms with E-state index in [-0.39, 0.29) is 36.8 Å². The maximum absolute atomic E-state index is 13.6. The molecule has 5 aliphatic rings. The van der Waals surface area contributed by atoms with Gasteiger partial charge in [-0.2, -0.15) is 0 Å². The van der Waals surface area contributed by atoms with Crippen molar-refractivity contribution in [2.45, 2.75) is 38.7 Å². The molecule has 198 valence electrons. The topological polar surface area (TPSA) is 89.9 Å². The first kappa shape index (κ1) is 25.5. The summed E-state index contributed by atoms with van der Waals surface area (Å²) in [4.78, 5) is 40.4. The highest BCUT2D eigenvalue weighted by Gasteiger charge is 2.76. The van der Waals surface area contributed by atoms with Gasteiger partial charge in [0.1, 0.15) is 9.75 Å². The van der Waals surface area contributed by atoms with Gasteiger partial charge in [0.2, 0.25) is 0 Å². The zero-order chi connectivity index (χ0) is 26.9. The molecule has 38 heavy (non-hydrogen) atoms. The second-order valence-electron chi connectivity index (χ2n) is 11.5. The molecule has 1 spiro atoms. The number of fused-ring (bicyclic) bond motifs is 3. The third-order valence-corrected chi connectivity index (χ3v) is 11.1. The summed E-state index contributed by atoms with van der Waals surface area (Å²) in [5.74, 6) is -1.54. The number of ketones is 1.